The Labute approximate surface area is 133 Å². The van der Waals surface area contributed by atoms with E-state index in [-0.39, 0.29) is 5.69 Å². The maximum absolute atomic E-state index is 11.9. The molecule has 0 bridgehead atoms. The predicted molar refractivity (Wildman–Crippen MR) is 85.5 cm³/mol. The zero-order valence-corrected chi connectivity index (χ0v) is 12.4. The lowest BCUT2D eigenvalue weighted by atomic mass is 9.98. The van der Waals surface area contributed by atoms with Crippen LogP contribution in [0.25, 0.3) is 22.5 Å². The fraction of sp³-hybridized carbons (Fsp3) is 0.176. The van der Waals surface area contributed by atoms with E-state index in [0.29, 0.717) is 17.4 Å². The number of primary amides is 1. The molecule has 0 radical (unpaired) electrons. The van der Waals surface area contributed by atoms with Gasteiger partial charge in [-0.2, -0.15) is 0 Å². The van der Waals surface area contributed by atoms with Gasteiger partial charge in [-0.3, -0.25) is 9.78 Å². The zero-order valence-electron chi connectivity index (χ0n) is 12.4. The number of aromatic nitrogens is 4. The molecule has 2 heterocycles. The smallest absolute Gasteiger partial charge is 0.268 e. The lowest BCUT2D eigenvalue weighted by molar-refractivity contribution is 0.0996. The summed E-state index contributed by atoms with van der Waals surface area (Å²) in [7, 11) is 0. The summed E-state index contributed by atoms with van der Waals surface area (Å²) in [4.78, 5) is 16.1. The molecule has 0 spiro atoms. The molecule has 6 nitrogen and oxygen atoms in total. The van der Waals surface area contributed by atoms with E-state index >= 15 is 0 Å². The number of amides is 1. The number of hydrogen-bond acceptors (Lipinski definition) is 4. The summed E-state index contributed by atoms with van der Waals surface area (Å²) < 4.78 is 2.01. The Morgan fingerprint density at radius 2 is 1.96 bits per heavy atom. The minimum atomic E-state index is -0.567. The molecule has 1 aliphatic rings. The van der Waals surface area contributed by atoms with Crippen molar-refractivity contribution in [2.75, 3.05) is 0 Å². The van der Waals surface area contributed by atoms with Gasteiger partial charge in [-0.15, -0.1) is 10.2 Å². The number of rotatable bonds is 4. The van der Waals surface area contributed by atoms with E-state index in [1.54, 1.807) is 12.5 Å². The highest BCUT2D eigenvalue weighted by molar-refractivity contribution is 6.01. The molecular weight excluding hydrogens is 290 g/mol. The number of nitrogens with two attached hydrogens (primary N) is 1. The van der Waals surface area contributed by atoms with Crippen LogP contribution >= 0.6 is 0 Å². The van der Waals surface area contributed by atoms with Crippen molar-refractivity contribution in [3.63, 3.8) is 0 Å². The number of nitrogens with zero attached hydrogens (tertiary/aromatic N) is 4. The molecule has 0 aliphatic heterocycles. The van der Waals surface area contributed by atoms with Crippen LogP contribution in [0.5, 0.6) is 0 Å². The van der Waals surface area contributed by atoms with Crippen molar-refractivity contribution < 1.29 is 4.79 Å². The summed E-state index contributed by atoms with van der Waals surface area (Å²) in [6.45, 7) is 0. The molecule has 2 N–H and O–H groups in total. The average Bonchev–Trinajstić information content (AvgIpc) is 3.32. The second-order valence-corrected chi connectivity index (χ2v) is 5.61. The van der Waals surface area contributed by atoms with Gasteiger partial charge in [0, 0.05) is 12.2 Å². The monoisotopic (exact) mass is 305 g/mol. The summed E-state index contributed by atoms with van der Waals surface area (Å²) in [5, 5.41) is 8.27. The van der Waals surface area contributed by atoms with Crippen LogP contribution in [0.1, 0.15) is 29.4 Å². The van der Waals surface area contributed by atoms with Crippen LogP contribution < -0.4 is 5.73 Å². The number of pyridine rings is 1. The van der Waals surface area contributed by atoms with Crippen LogP contribution in [0.15, 0.2) is 48.9 Å². The van der Waals surface area contributed by atoms with Crippen LogP contribution in [-0.4, -0.2) is 25.7 Å². The van der Waals surface area contributed by atoms with Gasteiger partial charge >= 0.3 is 0 Å². The van der Waals surface area contributed by atoms with Gasteiger partial charge in [-0.05, 0) is 30.0 Å². The highest BCUT2D eigenvalue weighted by Gasteiger charge is 2.29. The maximum atomic E-state index is 11.9. The van der Waals surface area contributed by atoms with Crippen molar-refractivity contribution in [2.24, 2.45) is 5.73 Å². The first-order chi connectivity index (χ1) is 11.3. The first-order valence-corrected chi connectivity index (χ1v) is 7.50. The molecule has 0 atom stereocenters. The zero-order chi connectivity index (χ0) is 15.8. The third kappa shape index (κ3) is 2.38. The standard InChI is InChI=1S/C17H15N5O/c18-16(23)15-14(17-21-20-10-22(17)12-6-7-12)13(8-9-19-15)11-4-2-1-3-5-11/h1-5,8-10,12H,6-7H2,(H2,18,23). The second kappa shape index (κ2) is 5.31. The van der Waals surface area contributed by atoms with Crippen LogP contribution in [0.3, 0.4) is 0 Å². The molecule has 2 aromatic heterocycles. The predicted octanol–water partition coefficient (Wildman–Crippen LogP) is 2.44. The van der Waals surface area contributed by atoms with Gasteiger partial charge in [0.15, 0.2) is 5.82 Å². The Morgan fingerprint density at radius 1 is 1.17 bits per heavy atom. The van der Waals surface area contributed by atoms with Crippen molar-refractivity contribution in [2.45, 2.75) is 18.9 Å². The van der Waals surface area contributed by atoms with E-state index in [9.17, 15) is 4.79 Å². The van der Waals surface area contributed by atoms with Gasteiger partial charge in [-0.1, -0.05) is 30.3 Å². The minimum absolute atomic E-state index is 0.223. The van der Waals surface area contributed by atoms with Gasteiger partial charge in [0.1, 0.15) is 12.0 Å². The van der Waals surface area contributed by atoms with Gasteiger partial charge in [0.2, 0.25) is 0 Å². The maximum Gasteiger partial charge on any atom is 0.268 e. The highest BCUT2D eigenvalue weighted by atomic mass is 16.1. The fourth-order valence-electron chi connectivity index (χ4n) is 2.77. The molecule has 1 aliphatic carbocycles. The summed E-state index contributed by atoms with van der Waals surface area (Å²) >= 11 is 0. The quantitative estimate of drug-likeness (QED) is 0.802. The Balaban J connectivity index is 1.99. The molecular formula is C17H15N5O. The van der Waals surface area contributed by atoms with E-state index in [1.165, 1.54) is 0 Å². The molecule has 4 rings (SSSR count). The molecule has 0 unspecified atom stereocenters. The second-order valence-electron chi connectivity index (χ2n) is 5.61. The fourth-order valence-corrected chi connectivity index (χ4v) is 2.77. The van der Waals surface area contributed by atoms with Crippen LogP contribution in [-0.2, 0) is 0 Å². The molecule has 0 saturated heterocycles. The van der Waals surface area contributed by atoms with Crippen LogP contribution in [0.2, 0.25) is 0 Å². The van der Waals surface area contributed by atoms with Gasteiger partial charge < -0.3 is 10.3 Å². The third-order valence-corrected chi connectivity index (χ3v) is 4.01. The van der Waals surface area contributed by atoms with E-state index < -0.39 is 5.91 Å². The van der Waals surface area contributed by atoms with Crippen LogP contribution in [0, 0.1) is 0 Å². The molecule has 1 amide bonds. The van der Waals surface area contributed by atoms with Gasteiger partial charge in [0.05, 0.1) is 5.56 Å². The van der Waals surface area contributed by atoms with Crippen molar-refractivity contribution in [1.29, 1.82) is 0 Å². The highest BCUT2D eigenvalue weighted by Crippen LogP contribution is 2.40. The Hall–Kier alpha value is -3.02. The van der Waals surface area contributed by atoms with Gasteiger partial charge in [-0.25, -0.2) is 0 Å². The summed E-state index contributed by atoms with van der Waals surface area (Å²) in [5.41, 5.74) is 8.29. The molecule has 23 heavy (non-hydrogen) atoms. The number of carbonyl (C=O) groups is 1. The first kappa shape index (κ1) is 13.6. The normalized spacial score (nSPS) is 13.9. The van der Waals surface area contributed by atoms with Crippen molar-refractivity contribution >= 4 is 5.91 Å². The summed E-state index contributed by atoms with van der Waals surface area (Å²) in [6.07, 6.45) is 5.50. The van der Waals surface area contributed by atoms with E-state index in [0.717, 1.165) is 24.0 Å². The first-order valence-electron chi connectivity index (χ1n) is 7.50. The van der Waals surface area contributed by atoms with Crippen molar-refractivity contribution in [1.82, 2.24) is 19.7 Å². The number of carbonyl (C=O) groups excluding carboxylic acids is 1. The third-order valence-electron chi connectivity index (χ3n) is 4.01. The topological polar surface area (TPSA) is 86.7 Å². The largest absolute Gasteiger partial charge is 0.364 e. The summed E-state index contributed by atoms with van der Waals surface area (Å²) in [6, 6.07) is 12.1. The molecule has 6 heteroatoms. The Kier molecular flexibility index (Phi) is 3.15. The number of benzene rings is 1. The molecule has 3 aromatic rings. The molecule has 114 valence electrons. The lowest BCUT2D eigenvalue weighted by Gasteiger charge is -2.13. The Morgan fingerprint density at radius 3 is 2.65 bits per heavy atom. The summed E-state index contributed by atoms with van der Waals surface area (Å²) in [5.74, 6) is 0.0800. The van der Waals surface area contributed by atoms with E-state index in [2.05, 4.69) is 15.2 Å². The van der Waals surface area contributed by atoms with Crippen molar-refractivity contribution in [3.05, 3.63) is 54.6 Å². The molecule has 1 saturated carbocycles. The van der Waals surface area contributed by atoms with Gasteiger partial charge in [0.25, 0.3) is 5.91 Å². The SMILES string of the molecule is NC(=O)c1nccc(-c2ccccc2)c1-c1nncn1C1CC1. The lowest BCUT2D eigenvalue weighted by Crippen LogP contribution is -2.16. The van der Waals surface area contributed by atoms with Crippen LogP contribution in [0.4, 0.5) is 0 Å². The van der Waals surface area contributed by atoms with E-state index in [4.69, 9.17) is 5.73 Å². The minimum Gasteiger partial charge on any atom is -0.364 e. The van der Waals surface area contributed by atoms with Crippen molar-refractivity contribution in [3.8, 4) is 22.5 Å². The number of hydrogen-bond donors (Lipinski definition) is 1. The van der Waals surface area contributed by atoms with E-state index in [1.807, 2.05) is 41.0 Å². The molecule has 1 fully saturated rings. The average molecular weight is 305 g/mol. The molecule has 1 aromatic carbocycles. The Bertz CT molecular complexity index is 868.